The maximum Gasteiger partial charge on any atom is 0.338 e. The van der Waals surface area contributed by atoms with Gasteiger partial charge in [0.05, 0.1) is 5.56 Å². The molecule has 3 aliphatic carbocycles. The van der Waals surface area contributed by atoms with Crippen LogP contribution >= 0.6 is 0 Å². The average Bonchev–Trinajstić information content (AvgIpc) is 2.76. The highest BCUT2D eigenvalue weighted by Gasteiger charge is 2.86. The van der Waals surface area contributed by atoms with Crippen LogP contribution in [0.15, 0.2) is 30.3 Å². The van der Waals surface area contributed by atoms with Crippen LogP contribution in [0.5, 0.6) is 0 Å². The van der Waals surface area contributed by atoms with Crippen LogP contribution in [-0.2, 0) is 19.1 Å². The monoisotopic (exact) mass is 328 g/mol. The molecule has 0 amide bonds. The standard InChI is InChI=1S/C19H20O5/c1-11(20)23-15-13(21)10-19-9-8-14(18(19,2)16(15)19)24-17(22)12-6-4-3-5-7-12/h3-7,14-16H,8-10H2,1-2H3/t14-,15-,16-,18+,19?/m0/s1. The molecule has 5 atom stereocenters. The van der Waals surface area contributed by atoms with Crippen molar-refractivity contribution in [3.05, 3.63) is 35.9 Å². The Morgan fingerprint density at radius 2 is 1.88 bits per heavy atom. The summed E-state index contributed by atoms with van der Waals surface area (Å²) in [5.74, 6) is -0.789. The zero-order valence-corrected chi connectivity index (χ0v) is 13.8. The Morgan fingerprint density at radius 1 is 1.17 bits per heavy atom. The first kappa shape index (κ1) is 15.4. The second-order valence-corrected chi connectivity index (χ2v) is 7.39. The number of ether oxygens (including phenoxy) is 2. The Labute approximate surface area is 140 Å². The molecule has 24 heavy (non-hydrogen) atoms. The summed E-state index contributed by atoms with van der Waals surface area (Å²) in [4.78, 5) is 35.9. The highest BCUT2D eigenvalue weighted by atomic mass is 16.6. The van der Waals surface area contributed by atoms with E-state index in [4.69, 9.17) is 9.47 Å². The van der Waals surface area contributed by atoms with E-state index in [2.05, 4.69) is 6.92 Å². The summed E-state index contributed by atoms with van der Waals surface area (Å²) in [6, 6.07) is 8.91. The SMILES string of the molecule is CC(=O)O[C@H]1C(=O)CC23CC[C@H](OC(=O)c4ccccc4)[C@]2(C)[C@H]13. The van der Waals surface area contributed by atoms with Crippen molar-refractivity contribution < 1.29 is 23.9 Å². The Kier molecular flexibility index (Phi) is 3.15. The van der Waals surface area contributed by atoms with Crippen LogP contribution in [0.3, 0.4) is 0 Å². The number of fused-ring (bicyclic) bond motifs is 1. The minimum atomic E-state index is -0.675. The van der Waals surface area contributed by atoms with Crippen molar-refractivity contribution in [3.8, 4) is 0 Å². The highest BCUT2D eigenvalue weighted by molar-refractivity contribution is 5.92. The summed E-state index contributed by atoms with van der Waals surface area (Å²) < 4.78 is 11.1. The van der Waals surface area contributed by atoms with Gasteiger partial charge in [-0.25, -0.2) is 4.79 Å². The normalized spacial score (nSPS) is 39.1. The summed E-state index contributed by atoms with van der Waals surface area (Å²) in [5.41, 5.74) is 0.0950. The third-order valence-corrected chi connectivity index (χ3v) is 6.41. The summed E-state index contributed by atoms with van der Waals surface area (Å²) >= 11 is 0. The Bertz CT molecular complexity index is 727. The van der Waals surface area contributed by atoms with Crippen LogP contribution in [0, 0.1) is 16.7 Å². The lowest BCUT2D eigenvalue weighted by Gasteiger charge is -2.26. The molecule has 1 aromatic carbocycles. The van der Waals surface area contributed by atoms with Gasteiger partial charge in [-0.05, 0) is 30.4 Å². The van der Waals surface area contributed by atoms with Gasteiger partial charge in [-0.15, -0.1) is 0 Å². The van der Waals surface area contributed by atoms with Crippen LogP contribution in [-0.4, -0.2) is 29.9 Å². The number of Topliss-reactive ketones (excluding diaryl/α,β-unsaturated/α-hetero) is 1. The molecule has 0 bridgehead atoms. The van der Waals surface area contributed by atoms with E-state index in [0.29, 0.717) is 12.0 Å². The maximum absolute atomic E-state index is 12.4. The zero-order chi connectivity index (χ0) is 17.1. The van der Waals surface area contributed by atoms with E-state index < -0.39 is 12.1 Å². The topological polar surface area (TPSA) is 69.7 Å². The molecule has 1 spiro atoms. The molecule has 0 N–H and O–H groups in total. The van der Waals surface area contributed by atoms with Crippen molar-refractivity contribution in [2.75, 3.05) is 0 Å². The first-order valence-electron chi connectivity index (χ1n) is 8.36. The van der Waals surface area contributed by atoms with Gasteiger partial charge in [-0.1, -0.05) is 25.1 Å². The van der Waals surface area contributed by atoms with Crippen LogP contribution in [0.2, 0.25) is 0 Å². The summed E-state index contributed by atoms with van der Waals surface area (Å²) in [6.45, 7) is 3.39. The lowest BCUT2D eigenvalue weighted by molar-refractivity contribution is -0.154. The fourth-order valence-corrected chi connectivity index (χ4v) is 5.33. The Morgan fingerprint density at radius 3 is 2.54 bits per heavy atom. The minimum absolute atomic E-state index is 0.00251. The van der Waals surface area contributed by atoms with Gasteiger partial charge in [0, 0.05) is 24.7 Å². The van der Waals surface area contributed by atoms with Crippen molar-refractivity contribution in [3.63, 3.8) is 0 Å². The van der Waals surface area contributed by atoms with E-state index in [1.807, 2.05) is 6.07 Å². The van der Waals surface area contributed by atoms with Gasteiger partial charge in [-0.2, -0.15) is 0 Å². The lowest BCUT2D eigenvalue weighted by atomic mass is 9.90. The van der Waals surface area contributed by atoms with E-state index in [-0.39, 0.29) is 34.6 Å². The van der Waals surface area contributed by atoms with Crippen molar-refractivity contribution in [1.82, 2.24) is 0 Å². The minimum Gasteiger partial charge on any atom is -0.458 e. The molecule has 4 rings (SSSR count). The van der Waals surface area contributed by atoms with E-state index >= 15 is 0 Å². The number of carbonyl (C=O) groups excluding carboxylic acids is 3. The third-order valence-electron chi connectivity index (χ3n) is 6.41. The quantitative estimate of drug-likeness (QED) is 0.798. The van der Waals surface area contributed by atoms with E-state index in [0.717, 1.165) is 12.8 Å². The Hall–Kier alpha value is -2.17. The summed E-state index contributed by atoms with van der Waals surface area (Å²) in [7, 11) is 0. The number of ketones is 1. The van der Waals surface area contributed by atoms with Crippen molar-refractivity contribution >= 4 is 17.7 Å². The van der Waals surface area contributed by atoms with Crippen LogP contribution in [0.25, 0.3) is 0 Å². The van der Waals surface area contributed by atoms with Crippen molar-refractivity contribution in [2.45, 2.75) is 45.3 Å². The molecule has 0 aliphatic heterocycles. The second-order valence-electron chi connectivity index (χ2n) is 7.39. The number of esters is 2. The van der Waals surface area contributed by atoms with Gasteiger partial charge in [0.15, 0.2) is 11.9 Å². The van der Waals surface area contributed by atoms with E-state index in [1.165, 1.54) is 6.92 Å². The van der Waals surface area contributed by atoms with Gasteiger partial charge < -0.3 is 9.47 Å². The molecule has 1 unspecified atom stereocenters. The fourth-order valence-electron chi connectivity index (χ4n) is 5.33. The largest absolute Gasteiger partial charge is 0.458 e. The van der Waals surface area contributed by atoms with Crippen molar-refractivity contribution in [2.24, 2.45) is 16.7 Å². The molecule has 5 nitrogen and oxygen atoms in total. The maximum atomic E-state index is 12.4. The van der Waals surface area contributed by atoms with Crippen LogP contribution < -0.4 is 0 Å². The lowest BCUT2D eigenvalue weighted by Crippen LogP contribution is -2.35. The van der Waals surface area contributed by atoms with Crippen LogP contribution in [0.1, 0.15) is 43.5 Å². The predicted octanol–water partition coefficient (Wildman–Crippen LogP) is 2.53. The third kappa shape index (κ3) is 1.84. The van der Waals surface area contributed by atoms with Gasteiger partial charge in [0.1, 0.15) is 6.10 Å². The number of hydrogen-bond donors (Lipinski definition) is 0. The summed E-state index contributed by atoms with van der Waals surface area (Å²) in [6.07, 6.45) is 1.11. The molecule has 126 valence electrons. The van der Waals surface area contributed by atoms with Gasteiger partial charge in [0.25, 0.3) is 0 Å². The summed E-state index contributed by atoms with van der Waals surface area (Å²) in [5, 5.41) is 0. The molecule has 0 heterocycles. The molecular weight excluding hydrogens is 308 g/mol. The van der Waals surface area contributed by atoms with Gasteiger partial charge in [0.2, 0.25) is 0 Å². The van der Waals surface area contributed by atoms with Gasteiger partial charge >= 0.3 is 11.9 Å². The average molecular weight is 328 g/mol. The molecule has 1 aromatic rings. The number of carbonyl (C=O) groups is 3. The molecule has 3 aliphatic rings. The van der Waals surface area contributed by atoms with E-state index in [9.17, 15) is 14.4 Å². The highest BCUT2D eigenvalue weighted by Crippen LogP contribution is 2.83. The molecule has 0 saturated heterocycles. The van der Waals surface area contributed by atoms with Crippen LogP contribution in [0.4, 0.5) is 0 Å². The molecule has 3 saturated carbocycles. The molecular formula is C19H20O5. The van der Waals surface area contributed by atoms with E-state index in [1.54, 1.807) is 24.3 Å². The number of rotatable bonds is 3. The zero-order valence-electron chi connectivity index (χ0n) is 13.8. The first-order valence-corrected chi connectivity index (χ1v) is 8.36. The molecule has 5 heteroatoms. The first-order chi connectivity index (χ1) is 11.4. The molecule has 0 aromatic heterocycles. The predicted molar refractivity (Wildman–Crippen MR) is 84.1 cm³/mol. The van der Waals surface area contributed by atoms with Gasteiger partial charge in [-0.3, -0.25) is 9.59 Å². The molecule has 0 radical (unpaired) electrons. The Balaban J connectivity index is 1.54. The van der Waals surface area contributed by atoms with Crippen molar-refractivity contribution in [1.29, 1.82) is 0 Å². The fraction of sp³-hybridized carbons (Fsp3) is 0.526. The number of hydrogen-bond acceptors (Lipinski definition) is 5. The number of benzene rings is 1. The smallest absolute Gasteiger partial charge is 0.338 e. The molecule has 3 fully saturated rings. The second kappa shape index (κ2) is 4.91.